The third-order valence-corrected chi connectivity index (χ3v) is 3.70. The van der Waals surface area contributed by atoms with Crippen molar-refractivity contribution in [2.75, 3.05) is 21.3 Å². The van der Waals surface area contributed by atoms with Crippen LogP contribution in [0.5, 0.6) is 17.2 Å². The Morgan fingerprint density at radius 2 is 1.44 bits per heavy atom. The number of benzene rings is 2. The van der Waals surface area contributed by atoms with Gasteiger partial charge in [-0.15, -0.1) is 0 Å². The monoisotopic (exact) mass is 366 g/mol. The number of aliphatic hydroxyl groups excluding tert-OH is 1. The summed E-state index contributed by atoms with van der Waals surface area (Å²) in [4.78, 5) is 11.9. The van der Waals surface area contributed by atoms with E-state index in [0.29, 0.717) is 11.5 Å². The van der Waals surface area contributed by atoms with Gasteiger partial charge >= 0.3 is 0 Å². The van der Waals surface area contributed by atoms with E-state index in [1.165, 1.54) is 12.2 Å². The minimum Gasteiger partial charge on any atom is -0.508 e. The summed E-state index contributed by atoms with van der Waals surface area (Å²) in [6.45, 7) is 0. The second-order valence-electron chi connectivity index (χ2n) is 5.53. The fraction of sp³-hybridized carbons (Fsp3) is 0.136. The third-order valence-electron chi connectivity index (χ3n) is 3.70. The third kappa shape index (κ3) is 6.08. The predicted molar refractivity (Wildman–Crippen MR) is 106 cm³/mol. The van der Waals surface area contributed by atoms with Crippen LogP contribution in [0.15, 0.2) is 66.5 Å². The lowest BCUT2D eigenvalue weighted by molar-refractivity contribution is -0.110. The van der Waals surface area contributed by atoms with Gasteiger partial charge in [0.25, 0.3) is 0 Å². The molecule has 0 saturated heterocycles. The second-order valence-corrected chi connectivity index (χ2v) is 5.53. The van der Waals surface area contributed by atoms with Crippen molar-refractivity contribution < 1.29 is 24.1 Å². The van der Waals surface area contributed by atoms with Crippen molar-refractivity contribution in [1.82, 2.24) is 0 Å². The lowest BCUT2D eigenvalue weighted by Crippen LogP contribution is -1.91. The van der Waals surface area contributed by atoms with Gasteiger partial charge in [0, 0.05) is 6.08 Å². The number of ether oxygens (including phenoxy) is 3. The summed E-state index contributed by atoms with van der Waals surface area (Å²) in [5.74, 6) is 1.49. The van der Waals surface area contributed by atoms with Crippen LogP contribution < -0.4 is 14.2 Å². The number of carbonyl (C=O) groups is 1. The fourth-order valence-electron chi connectivity index (χ4n) is 2.27. The normalized spacial score (nSPS) is 11.7. The van der Waals surface area contributed by atoms with Crippen LogP contribution in [0.3, 0.4) is 0 Å². The quantitative estimate of drug-likeness (QED) is 0.425. The molecule has 0 fully saturated rings. The van der Waals surface area contributed by atoms with Crippen molar-refractivity contribution in [3.8, 4) is 17.2 Å². The van der Waals surface area contributed by atoms with Gasteiger partial charge in [0.1, 0.15) is 11.5 Å². The highest BCUT2D eigenvalue weighted by molar-refractivity contribution is 6.02. The van der Waals surface area contributed by atoms with E-state index in [1.807, 2.05) is 30.3 Å². The van der Waals surface area contributed by atoms with E-state index in [-0.39, 0.29) is 11.5 Å². The zero-order valence-electron chi connectivity index (χ0n) is 15.5. The zero-order chi connectivity index (χ0) is 19.6. The Labute approximate surface area is 158 Å². The summed E-state index contributed by atoms with van der Waals surface area (Å²) in [6.07, 6.45) is 7.33. The van der Waals surface area contributed by atoms with Gasteiger partial charge in [-0.3, -0.25) is 4.79 Å². The lowest BCUT2D eigenvalue weighted by Gasteiger charge is -2.07. The minimum absolute atomic E-state index is 0.144. The standard InChI is InChI=1S/C22H22O5/c1-25-20-11-6-16(7-12-20)4-9-18(23)15-19(24)10-5-17-8-13-21(26-2)22(14-17)27-3/h4-15,24H,1-3H3/b9-4+,10-5+,19-15?. The van der Waals surface area contributed by atoms with Gasteiger partial charge in [-0.2, -0.15) is 0 Å². The molecule has 0 aliphatic rings. The molecule has 0 aromatic heterocycles. The highest BCUT2D eigenvalue weighted by Crippen LogP contribution is 2.28. The van der Waals surface area contributed by atoms with Crippen LogP contribution in [0.25, 0.3) is 12.2 Å². The minimum atomic E-state index is -0.319. The first kappa shape index (κ1) is 19.8. The van der Waals surface area contributed by atoms with Crippen LogP contribution in [-0.4, -0.2) is 32.2 Å². The van der Waals surface area contributed by atoms with E-state index in [1.54, 1.807) is 45.6 Å². The molecule has 0 heterocycles. The van der Waals surface area contributed by atoms with Crippen molar-refractivity contribution in [1.29, 1.82) is 0 Å². The SMILES string of the molecule is COc1ccc(/C=C/C(=O)C=C(O)/C=C/c2ccc(OC)c(OC)c2)cc1. The van der Waals surface area contributed by atoms with Crippen LogP contribution in [0.4, 0.5) is 0 Å². The molecule has 2 rings (SSSR count). The Morgan fingerprint density at radius 3 is 2.07 bits per heavy atom. The summed E-state index contributed by atoms with van der Waals surface area (Å²) in [7, 11) is 4.71. The second kappa shape index (κ2) is 9.87. The van der Waals surface area contributed by atoms with Crippen LogP contribution in [0, 0.1) is 0 Å². The highest BCUT2D eigenvalue weighted by atomic mass is 16.5. The maximum absolute atomic E-state index is 11.9. The average Bonchev–Trinajstić information content (AvgIpc) is 2.70. The average molecular weight is 366 g/mol. The molecule has 5 heteroatoms. The molecular weight excluding hydrogens is 344 g/mol. The number of ketones is 1. The maximum atomic E-state index is 11.9. The first-order valence-corrected chi connectivity index (χ1v) is 8.22. The number of aliphatic hydroxyl groups is 1. The molecule has 0 saturated carbocycles. The van der Waals surface area contributed by atoms with Gasteiger partial charge < -0.3 is 19.3 Å². The fourth-order valence-corrected chi connectivity index (χ4v) is 2.27. The highest BCUT2D eigenvalue weighted by Gasteiger charge is 2.03. The number of hydrogen-bond acceptors (Lipinski definition) is 5. The van der Waals surface area contributed by atoms with Crippen LogP contribution in [-0.2, 0) is 4.79 Å². The largest absolute Gasteiger partial charge is 0.508 e. The summed E-state index contributed by atoms with van der Waals surface area (Å²) < 4.78 is 15.5. The molecular formula is C22H22O5. The molecule has 0 spiro atoms. The number of rotatable bonds is 8. The molecule has 140 valence electrons. The summed E-state index contributed by atoms with van der Waals surface area (Å²) in [6, 6.07) is 12.6. The van der Waals surface area contributed by atoms with Gasteiger partial charge in [0.05, 0.1) is 21.3 Å². The van der Waals surface area contributed by atoms with Crippen molar-refractivity contribution in [2.24, 2.45) is 0 Å². The van der Waals surface area contributed by atoms with E-state index in [4.69, 9.17) is 14.2 Å². The summed E-state index contributed by atoms with van der Waals surface area (Å²) >= 11 is 0. The predicted octanol–water partition coefficient (Wildman–Crippen LogP) is 4.45. The van der Waals surface area contributed by atoms with Crippen molar-refractivity contribution in [3.63, 3.8) is 0 Å². The van der Waals surface area contributed by atoms with E-state index in [0.717, 1.165) is 23.0 Å². The zero-order valence-corrected chi connectivity index (χ0v) is 15.5. The van der Waals surface area contributed by atoms with Crippen molar-refractivity contribution in [2.45, 2.75) is 0 Å². The maximum Gasteiger partial charge on any atom is 0.182 e. The van der Waals surface area contributed by atoms with E-state index >= 15 is 0 Å². The molecule has 5 nitrogen and oxygen atoms in total. The van der Waals surface area contributed by atoms with Gasteiger partial charge in [0.15, 0.2) is 17.3 Å². The summed E-state index contributed by atoms with van der Waals surface area (Å²) in [5.41, 5.74) is 1.66. The lowest BCUT2D eigenvalue weighted by atomic mass is 10.1. The van der Waals surface area contributed by atoms with Crippen LogP contribution in [0.2, 0.25) is 0 Å². The first-order valence-electron chi connectivity index (χ1n) is 8.22. The number of carbonyl (C=O) groups excluding carboxylic acids is 1. The van der Waals surface area contributed by atoms with Gasteiger partial charge in [-0.05, 0) is 47.5 Å². The Kier molecular flexibility index (Phi) is 7.26. The Balaban J connectivity index is 2.02. The Bertz CT molecular complexity index is 861. The van der Waals surface area contributed by atoms with E-state index in [2.05, 4.69) is 0 Å². The molecule has 0 aliphatic carbocycles. The molecule has 0 unspecified atom stereocenters. The Morgan fingerprint density at radius 1 is 0.815 bits per heavy atom. The first-order chi connectivity index (χ1) is 13.0. The van der Waals surface area contributed by atoms with Crippen molar-refractivity contribution >= 4 is 17.9 Å². The topological polar surface area (TPSA) is 65.0 Å². The number of allylic oxidation sites excluding steroid dienone is 3. The molecule has 0 bridgehead atoms. The van der Waals surface area contributed by atoms with E-state index in [9.17, 15) is 9.90 Å². The molecule has 0 radical (unpaired) electrons. The van der Waals surface area contributed by atoms with Crippen molar-refractivity contribution in [3.05, 3.63) is 77.6 Å². The molecule has 2 aromatic carbocycles. The summed E-state index contributed by atoms with van der Waals surface area (Å²) in [5, 5.41) is 9.92. The molecule has 0 amide bonds. The van der Waals surface area contributed by atoms with Gasteiger partial charge in [-0.25, -0.2) is 0 Å². The van der Waals surface area contributed by atoms with Gasteiger partial charge in [-0.1, -0.05) is 30.4 Å². The number of methoxy groups -OCH3 is 3. The van der Waals surface area contributed by atoms with Crippen LogP contribution >= 0.6 is 0 Å². The Hall–Kier alpha value is -3.47. The molecule has 2 aromatic rings. The number of hydrogen-bond donors (Lipinski definition) is 1. The molecule has 0 atom stereocenters. The van der Waals surface area contributed by atoms with Gasteiger partial charge in [0.2, 0.25) is 0 Å². The molecule has 0 aliphatic heterocycles. The molecule has 27 heavy (non-hydrogen) atoms. The van der Waals surface area contributed by atoms with Crippen LogP contribution in [0.1, 0.15) is 11.1 Å². The molecule has 1 N–H and O–H groups in total. The van der Waals surface area contributed by atoms with E-state index < -0.39 is 0 Å². The smallest absolute Gasteiger partial charge is 0.182 e.